The topological polar surface area (TPSA) is 119 Å². The van der Waals surface area contributed by atoms with E-state index in [1.807, 2.05) is 41.5 Å². The Labute approximate surface area is 243 Å². The van der Waals surface area contributed by atoms with Crippen molar-refractivity contribution in [3.8, 4) is 34.8 Å². The highest BCUT2D eigenvalue weighted by atomic mass is 19.4. The van der Waals surface area contributed by atoms with E-state index in [2.05, 4.69) is 35.0 Å². The number of hydrogen-bond acceptors (Lipinski definition) is 10. The van der Waals surface area contributed by atoms with E-state index < -0.39 is 36.5 Å². The van der Waals surface area contributed by atoms with E-state index in [9.17, 15) is 22.0 Å². The van der Waals surface area contributed by atoms with Gasteiger partial charge in [-0.2, -0.15) is 18.2 Å². The van der Waals surface area contributed by atoms with Crippen molar-refractivity contribution < 1.29 is 40.9 Å². The van der Waals surface area contributed by atoms with Crippen LogP contribution in [-0.2, 0) is 7.05 Å². The van der Waals surface area contributed by atoms with Crippen LogP contribution >= 0.6 is 0 Å². The Morgan fingerprint density at radius 1 is 0.884 bits per heavy atom. The third kappa shape index (κ3) is 8.35. The Bertz CT molecular complexity index is 1580. The predicted octanol–water partition coefficient (Wildman–Crippen LogP) is 5.90. The lowest BCUT2D eigenvalue weighted by Crippen LogP contribution is -2.26. The van der Waals surface area contributed by atoms with Crippen LogP contribution in [0.25, 0.3) is 22.3 Å². The molecule has 0 amide bonds. The van der Waals surface area contributed by atoms with E-state index in [0.717, 1.165) is 18.5 Å². The number of aryl methyl sites for hydroxylation is 1. The van der Waals surface area contributed by atoms with Crippen molar-refractivity contribution in [1.82, 2.24) is 34.9 Å². The number of alkyl halides is 5. The molecule has 0 saturated carbocycles. The molecule has 11 nitrogen and oxygen atoms in total. The summed E-state index contributed by atoms with van der Waals surface area (Å²) in [5.74, 6) is -0.435. The van der Waals surface area contributed by atoms with Gasteiger partial charge in [0.2, 0.25) is 11.8 Å². The normalized spacial score (nSPS) is 13.3. The molecule has 0 aliphatic rings. The SMILES string of the molecule is Cn1nc(OC(c2cncc(OCC(F)(F)F)c2)C(F)F)c2cc(-c3cnc(OC(C)(C)C)nc3OC(C)(C)C)nnc21. The molecule has 0 fully saturated rings. The molecule has 4 heterocycles. The molecule has 0 aromatic carbocycles. The summed E-state index contributed by atoms with van der Waals surface area (Å²) in [5, 5.41) is 12.8. The van der Waals surface area contributed by atoms with E-state index in [1.54, 1.807) is 0 Å². The van der Waals surface area contributed by atoms with Gasteiger partial charge in [0.05, 0.1) is 17.1 Å². The van der Waals surface area contributed by atoms with Crippen LogP contribution in [0, 0.1) is 0 Å². The maximum atomic E-state index is 14.2. The molecule has 1 atom stereocenters. The first-order valence-corrected chi connectivity index (χ1v) is 12.9. The lowest BCUT2D eigenvalue weighted by atomic mass is 10.1. The Balaban J connectivity index is 1.73. The second kappa shape index (κ2) is 11.7. The van der Waals surface area contributed by atoms with Crippen molar-refractivity contribution in [2.75, 3.05) is 6.61 Å². The quantitative estimate of drug-likeness (QED) is 0.212. The lowest BCUT2D eigenvalue weighted by molar-refractivity contribution is -0.153. The number of nitrogens with zero attached hydrogens (tertiary/aromatic N) is 7. The highest BCUT2D eigenvalue weighted by molar-refractivity contribution is 5.85. The zero-order valence-corrected chi connectivity index (χ0v) is 24.4. The van der Waals surface area contributed by atoms with Crippen LogP contribution in [0.1, 0.15) is 53.2 Å². The predicted molar refractivity (Wildman–Crippen MR) is 143 cm³/mol. The van der Waals surface area contributed by atoms with Crippen molar-refractivity contribution >= 4 is 11.0 Å². The molecule has 4 rings (SSSR count). The first-order valence-electron chi connectivity index (χ1n) is 12.9. The number of pyridine rings is 1. The van der Waals surface area contributed by atoms with E-state index in [-0.39, 0.29) is 45.8 Å². The van der Waals surface area contributed by atoms with Gasteiger partial charge in [0.15, 0.2) is 18.4 Å². The van der Waals surface area contributed by atoms with Gasteiger partial charge in [0, 0.05) is 25.0 Å². The third-order valence-electron chi connectivity index (χ3n) is 5.29. The van der Waals surface area contributed by atoms with Crippen LogP contribution in [0.3, 0.4) is 0 Å². The summed E-state index contributed by atoms with van der Waals surface area (Å²) in [6.07, 6.45) is -6.21. The van der Waals surface area contributed by atoms with Crippen molar-refractivity contribution in [3.63, 3.8) is 0 Å². The second-order valence-corrected chi connectivity index (χ2v) is 11.4. The van der Waals surface area contributed by atoms with Gasteiger partial charge in [-0.05, 0) is 53.7 Å². The molecule has 43 heavy (non-hydrogen) atoms. The standard InChI is InChI=1S/C27H30F5N7O4/c1-25(2,3)42-22-17(12-34-24(35-22)43-26(4,5)6)18-9-16-21(37-36-18)39(7)38-23(16)41-19(20(28)29)14-8-15(11-33-10-14)40-13-27(30,31)32/h8-12,19-20H,13H2,1-7H3. The fraction of sp³-hybridized carbons (Fsp3) is 0.481. The first kappa shape index (κ1) is 31.6. The molecule has 0 bridgehead atoms. The largest absolute Gasteiger partial charge is 0.482 e. The minimum atomic E-state index is -4.62. The number of fused-ring (bicyclic) bond motifs is 1. The smallest absolute Gasteiger partial charge is 0.422 e. The molecule has 4 aromatic rings. The van der Waals surface area contributed by atoms with Crippen LogP contribution in [0.2, 0.25) is 0 Å². The zero-order valence-electron chi connectivity index (χ0n) is 24.4. The van der Waals surface area contributed by atoms with Crippen molar-refractivity contribution in [1.29, 1.82) is 0 Å². The maximum Gasteiger partial charge on any atom is 0.422 e. The monoisotopic (exact) mass is 611 g/mol. The fourth-order valence-corrected chi connectivity index (χ4v) is 3.68. The maximum absolute atomic E-state index is 14.2. The van der Waals surface area contributed by atoms with Crippen molar-refractivity contribution in [3.05, 3.63) is 36.3 Å². The summed E-state index contributed by atoms with van der Waals surface area (Å²) in [5.41, 5.74) is -0.700. The average molecular weight is 612 g/mol. The molecule has 0 aliphatic heterocycles. The summed E-state index contributed by atoms with van der Waals surface area (Å²) in [6.45, 7) is 9.39. The number of halogens is 5. The molecule has 0 saturated heterocycles. The third-order valence-corrected chi connectivity index (χ3v) is 5.29. The van der Waals surface area contributed by atoms with Gasteiger partial charge in [-0.1, -0.05) is 0 Å². The van der Waals surface area contributed by atoms with Gasteiger partial charge < -0.3 is 18.9 Å². The van der Waals surface area contributed by atoms with Gasteiger partial charge in [-0.15, -0.1) is 15.3 Å². The van der Waals surface area contributed by atoms with Crippen molar-refractivity contribution in [2.24, 2.45) is 7.05 Å². The molecule has 0 radical (unpaired) electrons. The minimum absolute atomic E-state index is 0.0739. The molecular weight excluding hydrogens is 581 g/mol. The zero-order chi connectivity index (χ0) is 31.7. The summed E-state index contributed by atoms with van der Waals surface area (Å²) in [7, 11) is 1.52. The highest BCUT2D eigenvalue weighted by Gasteiger charge is 2.31. The van der Waals surface area contributed by atoms with Gasteiger partial charge in [0.1, 0.15) is 22.6 Å². The summed E-state index contributed by atoms with van der Waals surface area (Å²) < 4.78 is 89.6. The molecule has 16 heteroatoms. The van der Waals surface area contributed by atoms with Crippen LogP contribution in [0.4, 0.5) is 22.0 Å². The van der Waals surface area contributed by atoms with E-state index >= 15 is 0 Å². The Morgan fingerprint density at radius 3 is 2.21 bits per heavy atom. The summed E-state index contributed by atoms with van der Waals surface area (Å²) in [4.78, 5) is 12.4. The Hall–Kier alpha value is -4.37. The van der Waals surface area contributed by atoms with Gasteiger partial charge in [-0.25, -0.2) is 18.4 Å². The molecule has 1 unspecified atom stereocenters. The number of hydrogen-bond donors (Lipinski definition) is 0. The number of aromatic nitrogens is 7. The fourth-order valence-electron chi connectivity index (χ4n) is 3.68. The summed E-state index contributed by atoms with van der Waals surface area (Å²) >= 11 is 0. The van der Waals surface area contributed by atoms with Crippen LogP contribution in [-0.4, -0.2) is 65.3 Å². The van der Waals surface area contributed by atoms with Crippen LogP contribution in [0.15, 0.2) is 30.7 Å². The Kier molecular flexibility index (Phi) is 8.60. The van der Waals surface area contributed by atoms with Gasteiger partial charge in [0.25, 0.3) is 6.43 Å². The molecule has 0 aliphatic carbocycles. The summed E-state index contributed by atoms with van der Waals surface area (Å²) in [6, 6.07) is 2.58. The van der Waals surface area contributed by atoms with Gasteiger partial charge in [-0.3, -0.25) is 4.98 Å². The van der Waals surface area contributed by atoms with Gasteiger partial charge >= 0.3 is 12.2 Å². The first-order chi connectivity index (χ1) is 19.9. The Morgan fingerprint density at radius 2 is 1.58 bits per heavy atom. The minimum Gasteiger partial charge on any atom is -0.482 e. The number of rotatable bonds is 9. The highest BCUT2D eigenvalue weighted by Crippen LogP contribution is 2.36. The van der Waals surface area contributed by atoms with Crippen LogP contribution in [0.5, 0.6) is 23.5 Å². The van der Waals surface area contributed by atoms with E-state index in [1.165, 1.54) is 24.0 Å². The molecule has 0 spiro atoms. The lowest BCUT2D eigenvalue weighted by Gasteiger charge is -2.24. The molecular formula is C27H30F5N7O4. The average Bonchev–Trinajstić information content (AvgIpc) is 3.18. The van der Waals surface area contributed by atoms with E-state index in [0.29, 0.717) is 5.56 Å². The van der Waals surface area contributed by atoms with E-state index in [4.69, 9.17) is 14.2 Å². The second-order valence-electron chi connectivity index (χ2n) is 11.4. The molecule has 232 valence electrons. The molecule has 4 aromatic heterocycles. The molecule has 0 N–H and O–H groups in total. The van der Waals surface area contributed by atoms with Crippen molar-refractivity contribution in [2.45, 2.75) is 71.5 Å². The van der Waals surface area contributed by atoms with Crippen LogP contribution < -0.4 is 18.9 Å². The number of ether oxygens (including phenoxy) is 4.